The van der Waals surface area contributed by atoms with Crippen molar-refractivity contribution in [2.45, 2.75) is 32.4 Å². The SMILES string of the molecule is CCOc1cc(C(c2ccc(Cl)c(Cl)c2)N2CCCC(C(=O)O)C2)ccc1OCc1ccccc1. The van der Waals surface area contributed by atoms with E-state index in [-0.39, 0.29) is 6.04 Å². The molecule has 0 aromatic heterocycles. The van der Waals surface area contributed by atoms with Gasteiger partial charge in [-0.1, -0.05) is 65.7 Å². The van der Waals surface area contributed by atoms with Gasteiger partial charge in [-0.3, -0.25) is 9.69 Å². The van der Waals surface area contributed by atoms with Crippen LogP contribution in [0.1, 0.15) is 42.5 Å². The maximum absolute atomic E-state index is 11.8. The summed E-state index contributed by atoms with van der Waals surface area (Å²) < 4.78 is 12.0. The van der Waals surface area contributed by atoms with E-state index in [9.17, 15) is 9.90 Å². The van der Waals surface area contributed by atoms with Crippen molar-refractivity contribution in [2.75, 3.05) is 19.7 Å². The molecule has 2 atom stereocenters. The Morgan fingerprint density at radius 3 is 2.46 bits per heavy atom. The molecule has 0 spiro atoms. The van der Waals surface area contributed by atoms with Gasteiger partial charge in [0, 0.05) is 6.54 Å². The smallest absolute Gasteiger partial charge is 0.307 e. The molecule has 4 rings (SSSR count). The normalized spacial score (nSPS) is 17.1. The van der Waals surface area contributed by atoms with Gasteiger partial charge in [0.25, 0.3) is 0 Å². The van der Waals surface area contributed by atoms with E-state index in [2.05, 4.69) is 4.90 Å². The molecule has 35 heavy (non-hydrogen) atoms. The number of nitrogens with zero attached hydrogens (tertiary/aromatic N) is 1. The Bertz CT molecular complexity index is 1150. The van der Waals surface area contributed by atoms with Crippen molar-refractivity contribution in [1.82, 2.24) is 4.90 Å². The molecule has 1 saturated heterocycles. The summed E-state index contributed by atoms with van der Waals surface area (Å²) in [5.41, 5.74) is 3.00. The number of aliphatic carboxylic acids is 1. The van der Waals surface area contributed by atoms with E-state index >= 15 is 0 Å². The summed E-state index contributed by atoms with van der Waals surface area (Å²) in [5, 5.41) is 10.6. The highest BCUT2D eigenvalue weighted by Gasteiger charge is 2.32. The minimum atomic E-state index is -0.762. The number of rotatable bonds is 9. The second-order valence-corrected chi connectivity index (χ2v) is 9.48. The van der Waals surface area contributed by atoms with Crippen LogP contribution >= 0.6 is 23.2 Å². The lowest BCUT2D eigenvalue weighted by Crippen LogP contribution is -2.41. The molecular formula is C28H29Cl2NO4. The summed E-state index contributed by atoms with van der Waals surface area (Å²) in [6.07, 6.45) is 1.49. The summed E-state index contributed by atoms with van der Waals surface area (Å²) in [6, 6.07) is 21.3. The fraction of sp³-hybridized carbons (Fsp3) is 0.321. The number of hydrogen-bond acceptors (Lipinski definition) is 4. The van der Waals surface area contributed by atoms with Gasteiger partial charge in [-0.2, -0.15) is 0 Å². The van der Waals surface area contributed by atoms with E-state index in [0.717, 1.165) is 29.7 Å². The molecule has 3 aromatic carbocycles. The molecule has 7 heteroatoms. The van der Waals surface area contributed by atoms with Crippen LogP contribution < -0.4 is 9.47 Å². The van der Waals surface area contributed by atoms with Crippen molar-refractivity contribution in [2.24, 2.45) is 5.92 Å². The molecule has 0 aliphatic carbocycles. The van der Waals surface area contributed by atoms with Crippen molar-refractivity contribution >= 4 is 29.2 Å². The van der Waals surface area contributed by atoms with Gasteiger partial charge >= 0.3 is 5.97 Å². The average Bonchev–Trinajstić information content (AvgIpc) is 2.87. The van der Waals surface area contributed by atoms with Crippen LogP contribution in [0.25, 0.3) is 0 Å². The largest absolute Gasteiger partial charge is 0.490 e. The molecule has 0 bridgehead atoms. The third-order valence-corrected chi connectivity index (χ3v) is 6.99. The summed E-state index contributed by atoms with van der Waals surface area (Å²) in [5.74, 6) is 0.142. The van der Waals surface area contributed by atoms with E-state index in [1.54, 1.807) is 6.07 Å². The summed E-state index contributed by atoms with van der Waals surface area (Å²) in [7, 11) is 0. The minimum Gasteiger partial charge on any atom is -0.490 e. The minimum absolute atomic E-state index is 0.200. The van der Waals surface area contributed by atoms with Gasteiger partial charge in [-0.15, -0.1) is 0 Å². The number of benzene rings is 3. The third kappa shape index (κ3) is 6.29. The maximum Gasteiger partial charge on any atom is 0.307 e. The Morgan fingerprint density at radius 2 is 1.74 bits per heavy atom. The highest BCUT2D eigenvalue weighted by molar-refractivity contribution is 6.42. The number of piperidine rings is 1. The first kappa shape index (κ1) is 25.4. The molecule has 1 fully saturated rings. The first-order valence-electron chi connectivity index (χ1n) is 11.8. The molecular weight excluding hydrogens is 485 g/mol. The van der Waals surface area contributed by atoms with Crippen molar-refractivity contribution in [1.29, 1.82) is 0 Å². The fourth-order valence-electron chi connectivity index (χ4n) is 4.56. The van der Waals surface area contributed by atoms with Crippen molar-refractivity contribution in [3.8, 4) is 11.5 Å². The van der Waals surface area contributed by atoms with Crippen molar-refractivity contribution in [3.63, 3.8) is 0 Å². The Kier molecular flexibility index (Phi) is 8.55. The van der Waals surface area contributed by atoms with Gasteiger partial charge in [0.15, 0.2) is 11.5 Å². The van der Waals surface area contributed by atoms with Crippen LogP contribution in [0, 0.1) is 5.92 Å². The van der Waals surface area contributed by atoms with Crippen LogP contribution in [0.2, 0.25) is 10.0 Å². The monoisotopic (exact) mass is 513 g/mol. The first-order valence-corrected chi connectivity index (χ1v) is 12.6. The van der Waals surface area contributed by atoms with Gasteiger partial charge in [-0.25, -0.2) is 0 Å². The molecule has 1 aliphatic heterocycles. The lowest BCUT2D eigenvalue weighted by molar-refractivity contribution is -0.143. The number of likely N-dealkylation sites (tertiary alicyclic amines) is 1. The van der Waals surface area contributed by atoms with E-state index < -0.39 is 11.9 Å². The van der Waals surface area contributed by atoms with Crippen molar-refractivity contribution < 1.29 is 19.4 Å². The Hall–Kier alpha value is -2.73. The summed E-state index contributed by atoms with van der Waals surface area (Å²) in [4.78, 5) is 14.0. The maximum atomic E-state index is 11.8. The van der Waals surface area contributed by atoms with Gasteiger partial charge in [0.2, 0.25) is 0 Å². The molecule has 184 valence electrons. The fourth-order valence-corrected chi connectivity index (χ4v) is 4.86. The predicted octanol–water partition coefficient (Wildman–Crippen LogP) is 6.86. The van der Waals surface area contributed by atoms with Gasteiger partial charge in [0.1, 0.15) is 6.61 Å². The third-order valence-electron chi connectivity index (χ3n) is 6.25. The zero-order valence-electron chi connectivity index (χ0n) is 19.6. The number of halogens is 2. The molecule has 3 aromatic rings. The molecule has 1 heterocycles. The molecule has 1 aliphatic rings. The topological polar surface area (TPSA) is 59.0 Å². The van der Waals surface area contributed by atoms with Crippen LogP contribution in [0.5, 0.6) is 11.5 Å². The van der Waals surface area contributed by atoms with E-state index in [1.807, 2.05) is 67.6 Å². The Labute approximate surface area is 216 Å². The first-order chi connectivity index (χ1) is 17.0. The highest BCUT2D eigenvalue weighted by Crippen LogP contribution is 2.39. The molecule has 5 nitrogen and oxygen atoms in total. The lowest BCUT2D eigenvalue weighted by Gasteiger charge is -2.38. The zero-order valence-corrected chi connectivity index (χ0v) is 21.1. The Balaban J connectivity index is 1.69. The molecule has 0 amide bonds. The Morgan fingerprint density at radius 1 is 1.00 bits per heavy atom. The van der Waals surface area contributed by atoms with Crippen LogP contribution in [-0.2, 0) is 11.4 Å². The van der Waals surface area contributed by atoms with Crippen LogP contribution in [0.15, 0.2) is 66.7 Å². The number of hydrogen-bond donors (Lipinski definition) is 1. The van der Waals surface area contributed by atoms with Crippen LogP contribution in [-0.4, -0.2) is 35.7 Å². The number of carboxylic acids is 1. The molecule has 1 N–H and O–H groups in total. The lowest BCUT2D eigenvalue weighted by atomic mass is 9.91. The summed E-state index contributed by atoms with van der Waals surface area (Å²) in [6.45, 7) is 4.10. The van der Waals surface area contributed by atoms with Crippen LogP contribution in [0.3, 0.4) is 0 Å². The van der Waals surface area contributed by atoms with E-state index in [0.29, 0.717) is 47.7 Å². The molecule has 2 unspecified atom stereocenters. The summed E-state index contributed by atoms with van der Waals surface area (Å²) >= 11 is 12.6. The quantitative estimate of drug-likeness (QED) is 0.338. The van der Waals surface area contributed by atoms with Crippen molar-refractivity contribution in [3.05, 3.63) is 93.5 Å². The number of ether oxygens (including phenoxy) is 2. The molecule has 0 radical (unpaired) electrons. The number of carbonyl (C=O) groups is 1. The van der Waals surface area contributed by atoms with Crippen LogP contribution in [0.4, 0.5) is 0 Å². The van der Waals surface area contributed by atoms with E-state index in [1.165, 1.54) is 0 Å². The highest BCUT2D eigenvalue weighted by atomic mass is 35.5. The van der Waals surface area contributed by atoms with Gasteiger partial charge in [-0.05, 0) is 67.3 Å². The van der Waals surface area contributed by atoms with Gasteiger partial charge < -0.3 is 14.6 Å². The average molecular weight is 514 g/mol. The number of carboxylic acid groups (broad SMARTS) is 1. The second kappa shape index (κ2) is 11.8. The van der Waals surface area contributed by atoms with E-state index in [4.69, 9.17) is 32.7 Å². The second-order valence-electron chi connectivity index (χ2n) is 8.66. The predicted molar refractivity (Wildman–Crippen MR) is 139 cm³/mol. The van der Waals surface area contributed by atoms with Gasteiger partial charge in [0.05, 0.1) is 28.6 Å². The standard InChI is InChI=1S/C28H29Cl2NO4/c1-2-34-26-16-21(11-13-25(26)35-18-19-7-4-3-5-8-19)27(20-10-12-23(29)24(30)15-20)31-14-6-9-22(17-31)28(32)33/h3-5,7-8,10-13,15-16,22,27H,2,6,9,14,17-18H2,1H3,(H,32,33). The molecule has 0 saturated carbocycles. The zero-order chi connectivity index (χ0) is 24.8.